The van der Waals surface area contributed by atoms with Gasteiger partial charge >= 0.3 is 0 Å². The number of benzene rings is 1. The highest BCUT2D eigenvalue weighted by atomic mass is 19.1. The molecule has 0 saturated carbocycles. The summed E-state index contributed by atoms with van der Waals surface area (Å²) >= 11 is 0. The van der Waals surface area contributed by atoms with Crippen LogP contribution in [0.2, 0.25) is 0 Å². The standard InChI is InChI=1S/C11H15FO/c1-3-10(12)7-9-6-4-5-8(2)11(9)13/h4-6,10,13H,3,7H2,1-2H3. The lowest BCUT2D eigenvalue weighted by atomic mass is 10.0. The van der Waals surface area contributed by atoms with E-state index in [1.54, 1.807) is 13.0 Å². The van der Waals surface area contributed by atoms with E-state index in [4.69, 9.17) is 0 Å². The van der Waals surface area contributed by atoms with Gasteiger partial charge in [-0.3, -0.25) is 0 Å². The van der Waals surface area contributed by atoms with Gasteiger partial charge in [0, 0.05) is 6.42 Å². The van der Waals surface area contributed by atoms with Gasteiger partial charge < -0.3 is 5.11 Å². The fraction of sp³-hybridized carbons (Fsp3) is 0.455. The molecule has 0 spiro atoms. The Bertz CT molecular complexity index is 283. The van der Waals surface area contributed by atoms with Crippen molar-refractivity contribution in [2.75, 3.05) is 0 Å². The van der Waals surface area contributed by atoms with Gasteiger partial charge in [0.2, 0.25) is 0 Å². The third kappa shape index (κ3) is 2.44. The quantitative estimate of drug-likeness (QED) is 0.761. The first kappa shape index (κ1) is 10.0. The van der Waals surface area contributed by atoms with Gasteiger partial charge in [-0.25, -0.2) is 4.39 Å². The highest BCUT2D eigenvalue weighted by Crippen LogP contribution is 2.23. The van der Waals surface area contributed by atoms with Crippen LogP contribution >= 0.6 is 0 Å². The topological polar surface area (TPSA) is 20.2 Å². The molecule has 72 valence electrons. The largest absolute Gasteiger partial charge is 0.507 e. The summed E-state index contributed by atoms with van der Waals surface area (Å²) in [5.41, 5.74) is 1.51. The molecule has 1 atom stereocenters. The smallest absolute Gasteiger partial charge is 0.121 e. The first-order valence-electron chi connectivity index (χ1n) is 4.56. The summed E-state index contributed by atoms with van der Waals surface area (Å²) in [6, 6.07) is 5.43. The Morgan fingerprint density at radius 3 is 2.77 bits per heavy atom. The van der Waals surface area contributed by atoms with Gasteiger partial charge in [-0.15, -0.1) is 0 Å². The van der Waals surface area contributed by atoms with Crippen molar-refractivity contribution in [3.05, 3.63) is 29.3 Å². The highest BCUT2D eigenvalue weighted by Gasteiger charge is 2.09. The predicted molar refractivity (Wildman–Crippen MR) is 51.7 cm³/mol. The lowest BCUT2D eigenvalue weighted by Gasteiger charge is -2.08. The Morgan fingerprint density at radius 2 is 2.15 bits per heavy atom. The van der Waals surface area contributed by atoms with Crippen LogP contribution in [-0.2, 0) is 6.42 Å². The normalized spacial score (nSPS) is 12.8. The van der Waals surface area contributed by atoms with Crippen molar-refractivity contribution in [2.24, 2.45) is 0 Å². The fourth-order valence-electron chi connectivity index (χ4n) is 1.27. The Hall–Kier alpha value is -1.05. The van der Waals surface area contributed by atoms with E-state index in [1.165, 1.54) is 0 Å². The Balaban J connectivity index is 2.83. The maximum atomic E-state index is 13.0. The van der Waals surface area contributed by atoms with Gasteiger partial charge in [-0.2, -0.15) is 0 Å². The molecule has 1 N–H and O–H groups in total. The number of phenols is 1. The highest BCUT2D eigenvalue weighted by molar-refractivity contribution is 5.39. The van der Waals surface area contributed by atoms with Crippen LogP contribution in [0.4, 0.5) is 4.39 Å². The van der Waals surface area contributed by atoms with E-state index >= 15 is 0 Å². The molecule has 2 heteroatoms. The number of para-hydroxylation sites is 1. The molecule has 1 aromatic rings. The van der Waals surface area contributed by atoms with E-state index in [0.29, 0.717) is 18.4 Å². The Labute approximate surface area is 78.2 Å². The van der Waals surface area contributed by atoms with Gasteiger partial charge in [-0.1, -0.05) is 25.1 Å². The summed E-state index contributed by atoms with van der Waals surface area (Å²) < 4.78 is 13.0. The van der Waals surface area contributed by atoms with Crippen molar-refractivity contribution in [3.8, 4) is 5.75 Å². The minimum Gasteiger partial charge on any atom is -0.507 e. The molecule has 0 heterocycles. The molecular weight excluding hydrogens is 167 g/mol. The average molecular weight is 182 g/mol. The summed E-state index contributed by atoms with van der Waals surface area (Å²) in [6.45, 7) is 3.62. The zero-order chi connectivity index (χ0) is 9.84. The number of phenolic OH excluding ortho intramolecular Hbond substituents is 1. The average Bonchev–Trinajstić information content (AvgIpc) is 2.13. The molecule has 0 fully saturated rings. The van der Waals surface area contributed by atoms with Crippen LogP contribution in [0, 0.1) is 6.92 Å². The molecule has 0 aliphatic heterocycles. The molecule has 0 amide bonds. The molecule has 1 aromatic carbocycles. The van der Waals surface area contributed by atoms with Gasteiger partial charge in [0.25, 0.3) is 0 Å². The van der Waals surface area contributed by atoms with Crippen molar-refractivity contribution < 1.29 is 9.50 Å². The molecule has 1 nitrogen and oxygen atoms in total. The van der Waals surface area contributed by atoms with Crippen LogP contribution in [-0.4, -0.2) is 11.3 Å². The maximum absolute atomic E-state index is 13.0. The van der Waals surface area contributed by atoms with Crippen LogP contribution in [0.25, 0.3) is 0 Å². The minimum absolute atomic E-state index is 0.235. The van der Waals surface area contributed by atoms with Crippen LogP contribution in [0.15, 0.2) is 18.2 Å². The molecule has 0 saturated heterocycles. The van der Waals surface area contributed by atoms with Crippen LogP contribution in [0.5, 0.6) is 5.75 Å². The van der Waals surface area contributed by atoms with Gasteiger partial charge in [0.05, 0.1) is 0 Å². The number of hydrogen-bond donors (Lipinski definition) is 1. The van der Waals surface area contributed by atoms with Crippen molar-refractivity contribution >= 4 is 0 Å². The minimum atomic E-state index is -0.854. The molecule has 1 unspecified atom stereocenters. The molecule has 0 radical (unpaired) electrons. The third-order valence-corrected chi connectivity index (χ3v) is 2.21. The van der Waals surface area contributed by atoms with Gasteiger partial charge in [0.15, 0.2) is 0 Å². The first-order valence-corrected chi connectivity index (χ1v) is 4.56. The Morgan fingerprint density at radius 1 is 1.46 bits per heavy atom. The predicted octanol–water partition coefficient (Wildman–Crippen LogP) is 2.99. The van der Waals surface area contributed by atoms with Crippen LogP contribution in [0.1, 0.15) is 24.5 Å². The van der Waals surface area contributed by atoms with E-state index in [-0.39, 0.29) is 5.75 Å². The first-order chi connectivity index (χ1) is 6.15. The monoisotopic (exact) mass is 182 g/mol. The number of rotatable bonds is 3. The molecular formula is C11H15FO. The fourth-order valence-corrected chi connectivity index (χ4v) is 1.27. The summed E-state index contributed by atoms with van der Waals surface area (Å²) in [7, 11) is 0. The lowest BCUT2D eigenvalue weighted by molar-refractivity contribution is 0.319. The van der Waals surface area contributed by atoms with Gasteiger partial charge in [-0.05, 0) is 24.5 Å². The second kappa shape index (κ2) is 4.26. The van der Waals surface area contributed by atoms with Crippen molar-refractivity contribution in [2.45, 2.75) is 32.9 Å². The molecule has 0 bridgehead atoms. The van der Waals surface area contributed by atoms with Crippen molar-refractivity contribution in [1.82, 2.24) is 0 Å². The maximum Gasteiger partial charge on any atom is 0.121 e. The Kier molecular flexibility index (Phi) is 3.29. The van der Waals surface area contributed by atoms with Crippen LogP contribution < -0.4 is 0 Å². The van der Waals surface area contributed by atoms with E-state index in [0.717, 1.165) is 5.56 Å². The van der Waals surface area contributed by atoms with Gasteiger partial charge in [0.1, 0.15) is 11.9 Å². The zero-order valence-corrected chi connectivity index (χ0v) is 8.05. The van der Waals surface area contributed by atoms with E-state index < -0.39 is 6.17 Å². The summed E-state index contributed by atoms with van der Waals surface area (Å²) in [5, 5.41) is 9.58. The zero-order valence-electron chi connectivity index (χ0n) is 8.05. The van der Waals surface area contributed by atoms with Crippen molar-refractivity contribution in [1.29, 1.82) is 0 Å². The number of hydrogen-bond acceptors (Lipinski definition) is 1. The molecule has 0 aliphatic rings. The summed E-state index contributed by atoms with van der Waals surface area (Å²) in [6.07, 6.45) is -0.0510. The number of aromatic hydroxyl groups is 1. The molecule has 13 heavy (non-hydrogen) atoms. The lowest BCUT2D eigenvalue weighted by Crippen LogP contribution is -2.02. The molecule has 1 rings (SSSR count). The second-order valence-corrected chi connectivity index (χ2v) is 3.29. The van der Waals surface area contributed by atoms with Crippen LogP contribution in [0.3, 0.4) is 0 Å². The van der Waals surface area contributed by atoms with Crippen molar-refractivity contribution in [3.63, 3.8) is 0 Å². The van der Waals surface area contributed by atoms with E-state index in [1.807, 2.05) is 19.1 Å². The third-order valence-electron chi connectivity index (χ3n) is 2.21. The number of alkyl halides is 1. The molecule has 0 aliphatic carbocycles. The second-order valence-electron chi connectivity index (χ2n) is 3.29. The van der Waals surface area contributed by atoms with E-state index in [9.17, 15) is 9.50 Å². The number of halogens is 1. The summed E-state index contributed by atoms with van der Waals surface area (Å²) in [5.74, 6) is 0.235. The van der Waals surface area contributed by atoms with E-state index in [2.05, 4.69) is 0 Å². The number of aryl methyl sites for hydroxylation is 1. The molecule has 0 aromatic heterocycles. The SMILES string of the molecule is CCC(F)Cc1cccc(C)c1O. The summed E-state index contributed by atoms with van der Waals surface area (Å²) in [4.78, 5) is 0.